The Morgan fingerprint density at radius 1 is 1.12 bits per heavy atom. The monoisotopic (exact) mass is 465 g/mol. The maximum atomic E-state index is 14.5. The highest BCUT2D eigenvalue weighted by Crippen LogP contribution is 2.33. The maximum absolute atomic E-state index is 14.5. The number of aromatic nitrogens is 2. The second-order valence-electron chi connectivity index (χ2n) is 8.97. The molecule has 0 aliphatic heterocycles. The first-order valence-electron chi connectivity index (χ1n) is 12.0. The molecule has 2 aromatic carbocycles. The van der Waals surface area contributed by atoms with Crippen LogP contribution in [0.1, 0.15) is 44.9 Å². The van der Waals surface area contributed by atoms with Crippen molar-refractivity contribution in [3.05, 3.63) is 84.3 Å². The molecule has 0 saturated carbocycles. The molecule has 1 N–H and O–H groups in total. The van der Waals surface area contributed by atoms with Gasteiger partial charge in [0.2, 0.25) is 5.88 Å². The lowest BCUT2D eigenvalue weighted by molar-refractivity contribution is 0.0951. The van der Waals surface area contributed by atoms with Crippen molar-refractivity contribution < 1.29 is 14.2 Å². The van der Waals surface area contributed by atoms with Crippen molar-refractivity contribution in [1.29, 1.82) is 0 Å². The van der Waals surface area contributed by atoms with Gasteiger partial charge in [0.15, 0.2) is 11.6 Å². The average Bonchev–Trinajstić information content (AvgIpc) is 3.16. The number of halogens is 1. The second-order valence-corrected chi connectivity index (χ2v) is 8.97. The number of nitrogens with zero attached hydrogens (tertiary/aromatic N) is 3. The molecule has 3 rings (SSSR count). The van der Waals surface area contributed by atoms with Gasteiger partial charge < -0.3 is 9.84 Å². The predicted molar refractivity (Wildman–Crippen MR) is 135 cm³/mol. The summed E-state index contributed by atoms with van der Waals surface area (Å²) in [6.07, 6.45) is 3.51. The predicted octanol–water partition coefficient (Wildman–Crippen LogP) is 6.15. The smallest absolute Gasteiger partial charge is 0.227 e. The molecule has 1 heterocycles. The Morgan fingerprint density at radius 3 is 2.47 bits per heavy atom. The largest absolute Gasteiger partial charge is 0.435 e. The average molecular weight is 466 g/mol. The van der Waals surface area contributed by atoms with Gasteiger partial charge in [0.05, 0.1) is 23.0 Å². The van der Waals surface area contributed by atoms with Gasteiger partial charge in [0.1, 0.15) is 0 Å². The van der Waals surface area contributed by atoms with Crippen molar-refractivity contribution in [2.45, 2.75) is 52.7 Å². The van der Waals surface area contributed by atoms with E-state index in [2.05, 4.69) is 32.3 Å². The Morgan fingerprint density at radius 2 is 1.82 bits per heavy atom. The quantitative estimate of drug-likeness (QED) is 0.308. The fourth-order valence-corrected chi connectivity index (χ4v) is 4.04. The summed E-state index contributed by atoms with van der Waals surface area (Å²) < 4.78 is 22.5. The molecule has 1 atom stereocenters. The van der Waals surface area contributed by atoms with E-state index in [4.69, 9.17) is 9.84 Å². The Kier molecular flexibility index (Phi) is 9.42. The van der Waals surface area contributed by atoms with Crippen LogP contribution < -0.4 is 4.74 Å². The molecule has 0 saturated heterocycles. The summed E-state index contributed by atoms with van der Waals surface area (Å²) in [7, 11) is 0. The van der Waals surface area contributed by atoms with Gasteiger partial charge in [-0.05, 0) is 49.4 Å². The number of rotatable bonds is 13. The minimum Gasteiger partial charge on any atom is -0.435 e. The summed E-state index contributed by atoms with van der Waals surface area (Å²) >= 11 is 0. The van der Waals surface area contributed by atoms with Crippen LogP contribution >= 0.6 is 0 Å². The molecule has 0 radical (unpaired) electrons. The van der Waals surface area contributed by atoms with Crippen molar-refractivity contribution in [2.75, 3.05) is 13.1 Å². The number of allylic oxidation sites excluding steroid dienone is 1. The van der Waals surface area contributed by atoms with Crippen LogP contribution in [0.4, 0.5) is 4.39 Å². The van der Waals surface area contributed by atoms with Gasteiger partial charge in [-0.3, -0.25) is 4.90 Å². The molecule has 6 heteroatoms. The van der Waals surface area contributed by atoms with Gasteiger partial charge in [-0.2, -0.15) is 5.10 Å². The van der Waals surface area contributed by atoms with E-state index in [1.165, 1.54) is 6.07 Å². The minimum atomic E-state index is -0.457. The van der Waals surface area contributed by atoms with Gasteiger partial charge in [0, 0.05) is 19.6 Å². The molecule has 0 fully saturated rings. The van der Waals surface area contributed by atoms with Crippen molar-refractivity contribution in [2.24, 2.45) is 5.92 Å². The summed E-state index contributed by atoms with van der Waals surface area (Å²) in [6.45, 7) is 12.0. The van der Waals surface area contributed by atoms with Crippen LogP contribution in [-0.4, -0.2) is 39.0 Å². The Balaban J connectivity index is 2.03. The minimum absolute atomic E-state index is 0.157. The van der Waals surface area contributed by atoms with E-state index in [1.807, 2.05) is 36.4 Å². The zero-order valence-electron chi connectivity index (χ0n) is 20.5. The third kappa shape index (κ3) is 6.78. The van der Waals surface area contributed by atoms with Crippen molar-refractivity contribution in [3.8, 4) is 17.3 Å². The van der Waals surface area contributed by atoms with Crippen LogP contribution in [0.15, 0.2) is 67.3 Å². The number of benzene rings is 2. The first kappa shape index (κ1) is 25.7. The summed E-state index contributed by atoms with van der Waals surface area (Å²) in [6, 6.07) is 16.1. The van der Waals surface area contributed by atoms with Gasteiger partial charge >= 0.3 is 0 Å². The van der Waals surface area contributed by atoms with Crippen LogP contribution in [0, 0.1) is 11.7 Å². The van der Waals surface area contributed by atoms with Crippen molar-refractivity contribution in [1.82, 2.24) is 14.7 Å². The topological polar surface area (TPSA) is 50.5 Å². The maximum Gasteiger partial charge on any atom is 0.227 e. The zero-order valence-corrected chi connectivity index (χ0v) is 20.5. The number of hydrogen-bond donors (Lipinski definition) is 1. The van der Waals surface area contributed by atoms with E-state index < -0.39 is 11.9 Å². The highest BCUT2D eigenvalue weighted by atomic mass is 19.1. The number of para-hydroxylation sites is 2. The Labute approximate surface area is 202 Å². The van der Waals surface area contributed by atoms with E-state index in [0.29, 0.717) is 37.7 Å². The van der Waals surface area contributed by atoms with Gasteiger partial charge in [-0.25, -0.2) is 9.07 Å². The molecular weight excluding hydrogens is 429 g/mol. The van der Waals surface area contributed by atoms with E-state index in [-0.39, 0.29) is 5.75 Å². The SMILES string of the molecule is C=CCCC(O)CN(Cc1c(CC)nn(-c2ccccc2)c1Oc1ccccc1F)CC(C)C. The molecule has 34 heavy (non-hydrogen) atoms. The molecule has 5 nitrogen and oxygen atoms in total. The van der Waals surface area contributed by atoms with Gasteiger partial charge in [-0.15, -0.1) is 6.58 Å². The highest BCUT2D eigenvalue weighted by Gasteiger charge is 2.24. The molecule has 0 spiro atoms. The summed E-state index contributed by atoms with van der Waals surface area (Å²) in [5.74, 6) is 0.648. The molecular formula is C28H36FN3O2. The lowest BCUT2D eigenvalue weighted by Gasteiger charge is -2.27. The first-order valence-corrected chi connectivity index (χ1v) is 12.0. The number of aliphatic hydroxyl groups is 1. The van der Waals surface area contributed by atoms with Crippen molar-refractivity contribution >= 4 is 0 Å². The third-order valence-electron chi connectivity index (χ3n) is 5.58. The fraction of sp³-hybridized carbons (Fsp3) is 0.393. The molecule has 1 aromatic heterocycles. The van der Waals surface area contributed by atoms with Crippen LogP contribution in [0.25, 0.3) is 5.69 Å². The number of hydrogen-bond acceptors (Lipinski definition) is 4. The van der Waals surface area contributed by atoms with E-state index in [1.54, 1.807) is 22.9 Å². The standard InChI is InChI=1S/C28H36FN3O2/c1-5-7-15-23(33)19-31(18-21(3)4)20-24-26(6-2)30-32(22-13-9-8-10-14-22)28(24)34-27-17-12-11-16-25(27)29/h5,8-14,16-17,21,23,33H,1,6-7,15,18-20H2,2-4H3. The molecule has 182 valence electrons. The molecule has 3 aromatic rings. The number of aryl methyl sites for hydroxylation is 1. The van der Waals surface area contributed by atoms with E-state index in [0.717, 1.165) is 29.9 Å². The fourth-order valence-electron chi connectivity index (χ4n) is 4.04. The van der Waals surface area contributed by atoms with Gasteiger partial charge in [0.25, 0.3) is 0 Å². The zero-order chi connectivity index (χ0) is 24.5. The Bertz CT molecular complexity index is 1050. The van der Waals surface area contributed by atoms with E-state index >= 15 is 0 Å². The molecule has 1 unspecified atom stereocenters. The lowest BCUT2D eigenvalue weighted by atomic mass is 10.1. The van der Waals surface area contributed by atoms with Crippen LogP contribution in [-0.2, 0) is 13.0 Å². The van der Waals surface area contributed by atoms with Crippen LogP contribution in [0.2, 0.25) is 0 Å². The summed E-state index contributed by atoms with van der Waals surface area (Å²) in [5.41, 5.74) is 2.65. The van der Waals surface area contributed by atoms with Crippen LogP contribution in [0.5, 0.6) is 11.6 Å². The normalized spacial score (nSPS) is 12.3. The molecule has 0 bridgehead atoms. The van der Waals surface area contributed by atoms with Gasteiger partial charge in [-0.1, -0.05) is 57.2 Å². The number of ether oxygens (including phenoxy) is 1. The second kappa shape index (κ2) is 12.5. The molecule has 0 aliphatic rings. The lowest BCUT2D eigenvalue weighted by Crippen LogP contribution is -2.35. The number of aliphatic hydroxyl groups excluding tert-OH is 1. The third-order valence-corrected chi connectivity index (χ3v) is 5.58. The summed E-state index contributed by atoms with van der Waals surface area (Å²) in [5, 5.41) is 15.5. The molecule has 0 aliphatic carbocycles. The van der Waals surface area contributed by atoms with E-state index in [9.17, 15) is 9.50 Å². The van der Waals surface area contributed by atoms with Crippen LogP contribution in [0.3, 0.4) is 0 Å². The van der Waals surface area contributed by atoms with Crippen molar-refractivity contribution in [3.63, 3.8) is 0 Å². The Hall–Kier alpha value is -2.96. The highest BCUT2D eigenvalue weighted by molar-refractivity contribution is 5.44. The molecule has 0 amide bonds. The summed E-state index contributed by atoms with van der Waals surface area (Å²) in [4.78, 5) is 2.23. The first-order chi connectivity index (χ1) is 16.4.